The van der Waals surface area contributed by atoms with Gasteiger partial charge in [0.05, 0.1) is 24.2 Å². The Balaban J connectivity index is 0.878. The SMILES string of the molecule is Cc1oc2cc(OCC(=O)O[C@@H]3CC[C@@]4(C)C(=CC[C@H]5[C@@H]6CC[C@H]([C@H](C)CCCC(C)C)[C@@]6(C)CC[C@@H]54)C3)ccc2c(=O)c1-c1ccc2c(c1)OCCCO2. The van der Waals surface area contributed by atoms with E-state index in [1.54, 1.807) is 25.1 Å². The second-order valence-electron chi connectivity index (χ2n) is 18.7. The van der Waals surface area contributed by atoms with Crippen molar-refractivity contribution in [1.82, 2.24) is 0 Å². The molecular weight excluding hydrogens is 689 g/mol. The van der Waals surface area contributed by atoms with Crippen molar-refractivity contribution >= 4 is 16.9 Å². The Morgan fingerprint density at radius 2 is 1.75 bits per heavy atom. The van der Waals surface area contributed by atoms with E-state index < -0.39 is 0 Å². The Kier molecular flexibility index (Phi) is 10.6. The zero-order valence-electron chi connectivity index (χ0n) is 34.0. The normalized spacial score (nSPS) is 30.5. The maximum atomic E-state index is 13.7. The number of hydrogen-bond acceptors (Lipinski definition) is 7. The molecule has 8 atom stereocenters. The number of ether oxygens (including phenoxy) is 4. The highest BCUT2D eigenvalue weighted by atomic mass is 16.6. The third kappa shape index (κ3) is 7.23. The lowest BCUT2D eigenvalue weighted by molar-refractivity contribution is -0.153. The minimum Gasteiger partial charge on any atom is -0.490 e. The average molecular weight is 751 g/mol. The maximum Gasteiger partial charge on any atom is 0.344 e. The van der Waals surface area contributed by atoms with Crippen LogP contribution in [-0.2, 0) is 9.53 Å². The molecule has 8 rings (SSSR count). The first kappa shape index (κ1) is 38.1. The summed E-state index contributed by atoms with van der Waals surface area (Å²) in [6.07, 6.45) is 16.9. The molecule has 0 unspecified atom stereocenters. The van der Waals surface area contributed by atoms with Gasteiger partial charge in [-0.05, 0) is 128 Å². The molecule has 0 bridgehead atoms. The summed E-state index contributed by atoms with van der Waals surface area (Å²) in [5.41, 5.74) is 3.69. The van der Waals surface area contributed by atoms with Crippen LogP contribution in [0.15, 0.2) is 57.3 Å². The number of carbonyl (C=O) groups is 1. The van der Waals surface area contributed by atoms with Crippen molar-refractivity contribution in [3.05, 3.63) is 64.0 Å². The fourth-order valence-corrected chi connectivity index (χ4v) is 12.1. The van der Waals surface area contributed by atoms with E-state index in [1.165, 1.54) is 56.9 Å². The minimum atomic E-state index is -0.363. The molecule has 0 amide bonds. The van der Waals surface area contributed by atoms with E-state index in [-0.39, 0.29) is 29.5 Å². The minimum absolute atomic E-state index is 0.121. The third-order valence-corrected chi connectivity index (χ3v) is 15.0. The van der Waals surface area contributed by atoms with E-state index in [0.717, 1.165) is 61.2 Å². The number of fused-ring (bicyclic) bond motifs is 7. The quantitative estimate of drug-likeness (QED) is 0.151. The number of aryl methyl sites for hydroxylation is 1. The second kappa shape index (κ2) is 15.3. The lowest BCUT2D eigenvalue weighted by Gasteiger charge is -2.58. The maximum absolute atomic E-state index is 13.7. The Bertz CT molecular complexity index is 1990. The molecule has 4 aliphatic carbocycles. The number of esters is 1. The van der Waals surface area contributed by atoms with E-state index in [4.69, 9.17) is 23.4 Å². The van der Waals surface area contributed by atoms with Crippen molar-refractivity contribution < 1.29 is 28.2 Å². The molecule has 3 saturated carbocycles. The summed E-state index contributed by atoms with van der Waals surface area (Å²) in [4.78, 5) is 26.8. The van der Waals surface area contributed by atoms with Gasteiger partial charge in [0.15, 0.2) is 18.1 Å². The molecule has 1 aromatic heterocycles. The monoisotopic (exact) mass is 750 g/mol. The van der Waals surface area contributed by atoms with Gasteiger partial charge in [-0.3, -0.25) is 4.79 Å². The summed E-state index contributed by atoms with van der Waals surface area (Å²) in [5, 5.41) is 0.442. The molecular formula is C48H62O7. The van der Waals surface area contributed by atoms with Crippen molar-refractivity contribution in [3.63, 3.8) is 0 Å². The van der Waals surface area contributed by atoms with E-state index in [9.17, 15) is 9.59 Å². The topological polar surface area (TPSA) is 84.2 Å². The van der Waals surface area contributed by atoms with Crippen LogP contribution < -0.4 is 19.6 Å². The highest BCUT2D eigenvalue weighted by Crippen LogP contribution is 2.67. The number of hydrogen-bond donors (Lipinski definition) is 0. The van der Waals surface area contributed by atoms with Crippen LogP contribution in [0.1, 0.15) is 117 Å². The first-order valence-electron chi connectivity index (χ1n) is 21.4. The molecule has 55 heavy (non-hydrogen) atoms. The molecule has 0 saturated heterocycles. The fourth-order valence-electron chi connectivity index (χ4n) is 12.1. The second-order valence-corrected chi connectivity index (χ2v) is 18.7. The number of rotatable bonds is 10. The molecule has 0 radical (unpaired) electrons. The van der Waals surface area contributed by atoms with Gasteiger partial charge in [-0.25, -0.2) is 4.79 Å². The number of benzene rings is 2. The smallest absolute Gasteiger partial charge is 0.344 e. The first-order valence-corrected chi connectivity index (χ1v) is 21.4. The Morgan fingerprint density at radius 3 is 2.56 bits per heavy atom. The van der Waals surface area contributed by atoms with Crippen LogP contribution in [-0.4, -0.2) is 31.9 Å². The number of allylic oxidation sites excluding steroid dienone is 1. The van der Waals surface area contributed by atoms with E-state index in [0.29, 0.717) is 63.7 Å². The molecule has 0 spiro atoms. The lowest BCUT2D eigenvalue weighted by Crippen LogP contribution is -2.51. The summed E-state index contributed by atoms with van der Waals surface area (Å²) < 4.78 is 29.7. The van der Waals surface area contributed by atoms with Gasteiger partial charge in [-0.1, -0.05) is 71.6 Å². The van der Waals surface area contributed by atoms with E-state index in [2.05, 4.69) is 40.7 Å². The van der Waals surface area contributed by atoms with Crippen LogP contribution >= 0.6 is 0 Å². The predicted molar refractivity (Wildman–Crippen MR) is 217 cm³/mol. The summed E-state index contributed by atoms with van der Waals surface area (Å²) >= 11 is 0. The molecule has 7 nitrogen and oxygen atoms in total. The lowest BCUT2D eigenvalue weighted by atomic mass is 9.47. The van der Waals surface area contributed by atoms with Gasteiger partial charge in [0.25, 0.3) is 0 Å². The summed E-state index contributed by atoms with van der Waals surface area (Å²) in [7, 11) is 0. The van der Waals surface area contributed by atoms with Crippen LogP contribution in [0.2, 0.25) is 0 Å². The summed E-state index contributed by atoms with van der Waals surface area (Å²) in [6.45, 7) is 15.2. The molecule has 2 heterocycles. The van der Waals surface area contributed by atoms with Gasteiger partial charge in [0.1, 0.15) is 23.2 Å². The van der Waals surface area contributed by atoms with Crippen molar-refractivity contribution in [2.75, 3.05) is 19.8 Å². The number of carbonyl (C=O) groups excluding carboxylic acids is 1. The Labute approximate surface area is 327 Å². The Morgan fingerprint density at radius 1 is 0.927 bits per heavy atom. The van der Waals surface area contributed by atoms with Crippen LogP contribution in [0.5, 0.6) is 17.2 Å². The van der Waals surface area contributed by atoms with Gasteiger partial charge >= 0.3 is 5.97 Å². The van der Waals surface area contributed by atoms with Gasteiger partial charge in [0, 0.05) is 18.9 Å². The highest BCUT2D eigenvalue weighted by molar-refractivity contribution is 5.84. The molecule has 3 aromatic rings. The van der Waals surface area contributed by atoms with Gasteiger partial charge < -0.3 is 23.4 Å². The Hall–Kier alpha value is -3.74. The standard InChI is InChI=1S/C48H62O7/c1-29(2)9-7-10-30(3)38-16-17-39-36-14-12-33-26-35(19-21-47(33,5)40(36)20-22-48(38,39)6)55-44(49)28-53-34-13-15-37-42(27-34)54-31(4)45(46(37)50)32-11-18-41-43(25-32)52-24-8-23-51-41/h11-13,15,18,25,27,29-30,35-36,38-40H,7-10,14,16-17,19-24,26,28H2,1-6H3/t30-,35-,36+,38-,39+,40+,47+,48-/m1/s1. The van der Waals surface area contributed by atoms with Crippen LogP contribution in [0, 0.1) is 53.3 Å². The van der Waals surface area contributed by atoms with E-state index >= 15 is 0 Å². The summed E-state index contributed by atoms with van der Waals surface area (Å²) in [5.74, 6) is 6.75. The van der Waals surface area contributed by atoms with Gasteiger partial charge in [-0.2, -0.15) is 0 Å². The first-order chi connectivity index (χ1) is 26.4. The molecule has 7 heteroatoms. The molecule has 2 aromatic carbocycles. The average Bonchev–Trinajstić information content (AvgIpc) is 3.34. The van der Waals surface area contributed by atoms with Gasteiger partial charge in [0.2, 0.25) is 5.43 Å². The molecule has 3 fully saturated rings. The van der Waals surface area contributed by atoms with E-state index in [1.807, 2.05) is 18.2 Å². The zero-order valence-corrected chi connectivity index (χ0v) is 34.0. The van der Waals surface area contributed by atoms with Crippen LogP contribution in [0.4, 0.5) is 0 Å². The molecule has 5 aliphatic rings. The highest BCUT2D eigenvalue weighted by Gasteiger charge is 2.59. The largest absolute Gasteiger partial charge is 0.490 e. The summed E-state index contributed by atoms with van der Waals surface area (Å²) in [6, 6.07) is 10.6. The zero-order chi connectivity index (χ0) is 38.5. The van der Waals surface area contributed by atoms with Crippen LogP contribution in [0.25, 0.3) is 22.1 Å². The van der Waals surface area contributed by atoms with Crippen molar-refractivity contribution in [2.45, 2.75) is 125 Å². The predicted octanol–water partition coefficient (Wildman–Crippen LogP) is 11.3. The van der Waals surface area contributed by atoms with Gasteiger partial charge in [-0.15, -0.1) is 0 Å². The molecule has 296 valence electrons. The van der Waals surface area contributed by atoms with Crippen molar-refractivity contribution in [1.29, 1.82) is 0 Å². The van der Waals surface area contributed by atoms with Crippen molar-refractivity contribution in [2.24, 2.45) is 46.3 Å². The molecule has 0 N–H and O–H groups in total. The fraction of sp³-hybridized carbons (Fsp3) is 0.625. The third-order valence-electron chi connectivity index (χ3n) is 15.0. The molecule has 1 aliphatic heterocycles. The van der Waals surface area contributed by atoms with Crippen molar-refractivity contribution in [3.8, 4) is 28.4 Å². The van der Waals surface area contributed by atoms with Crippen LogP contribution in [0.3, 0.4) is 0 Å².